The quantitative estimate of drug-likeness (QED) is 0.856. The molecule has 4 heteroatoms. The van der Waals surface area contributed by atoms with Crippen molar-refractivity contribution < 1.29 is 0 Å². The van der Waals surface area contributed by atoms with Crippen LogP contribution < -0.4 is 10.6 Å². The number of hydrogen-bond donors (Lipinski definition) is 2. The zero-order valence-electron chi connectivity index (χ0n) is 13.4. The summed E-state index contributed by atoms with van der Waals surface area (Å²) in [7, 11) is 0. The average molecular weight is 296 g/mol. The Hall–Kier alpha value is -2.10. The highest BCUT2D eigenvalue weighted by atomic mass is 15.1. The van der Waals surface area contributed by atoms with E-state index in [-0.39, 0.29) is 0 Å². The van der Waals surface area contributed by atoms with Crippen molar-refractivity contribution in [1.29, 1.82) is 0 Å². The molecule has 0 saturated heterocycles. The smallest absolute Gasteiger partial charge is 0.136 e. The van der Waals surface area contributed by atoms with Gasteiger partial charge >= 0.3 is 0 Å². The fraction of sp³-hybridized carbons (Fsp3) is 0.444. The molecule has 1 aliphatic rings. The Morgan fingerprint density at radius 1 is 1.05 bits per heavy atom. The highest BCUT2D eigenvalue weighted by Crippen LogP contribution is 2.23. The third-order valence-electron chi connectivity index (χ3n) is 4.18. The van der Waals surface area contributed by atoms with Crippen LogP contribution in [0, 0.1) is 6.92 Å². The maximum atomic E-state index is 4.50. The molecule has 0 aliphatic heterocycles. The molecule has 1 aromatic carbocycles. The molecule has 1 heterocycles. The van der Waals surface area contributed by atoms with Crippen LogP contribution in [0.15, 0.2) is 30.3 Å². The minimum absolute atomic E-state index is 0.561. The lowest BCUT2D eigenvalue weighted by atomic mass is 10.1. The predicted octanol–water partition coefficient (Wildman–Crippen LogP) is 4.45. The Morgan fingerprint density at radius 2 is 1.73 bits per heavy atom. The Kier molecular flexibility index (Phi) is 4.56. The number of benzene rings is 1. The first-order valence-corrected chi connectivity index (χ1v) is 8.21. The molecule has 0 amide bonds. The minimum atomic E-state index is 0.561. The van der Waals surface area contributed by atoms with Gasteiger partial charge in [-0.1, -0.05) is 31.9 Å². The summed E-state index contributed by atoms with van der Waals surface area (Å²) in [6, 6.07) is 11.0. The van der Waals surface area contributed by atoms with Crippen molar-refractivity contribution in [3.8, 4) is 0 Å². The van der Waals surface area contributed by atoms with Gasteiger partial charge in [0, 0.05) is 17.8 Å². The molecule has 2 aromatic rings. The molecule has 1 saturated carbocycles. The molecular weight excluding hydrogens is 272 g/mol. The first kappa shape index (κ1) is 14.8. The van der Waals surface area contributed by atoms with Gasteiger partial charge in [0.2, 0.25) is 0 Å². The molecule has 1 aromatic heterocycles. The van der Waals surface area contributed by atoms with Crippen LogP contribution in [-0.4, -0.2) is 16.0 Å². The van der Waals surface area contributed by atoms with E-state index in [9.17, 15) is 0 Å². The van der Waals surface area contributed by atoms with E-state index >= 15 is 0 Å². The number of nitrogens with one attached hydrogen (secondary N) is 2. The molecule has 116 valence electrons. The zero-order valence-corrected chi connectivity index (χ0v) is 13.4. The van der Waals surface area contributed by atoms with E-state index in [1.54, 1.807) is 0 Å². The largest absolute Gasteiger partial charge is 0.367 e. The van der Waals surface area contributed by atoms with Crippen LogP contribution in [0.3, 0.4) is 0 Å². The second-order valence-corrected chi connectivity index (χ2v) is 5.99. The molecule has 0 atom stereocenters. The third-order valence-corrected chi connectivity index (χ3v) is 4.18. The molecule has 1 fully saturated rings. The van der Waals surface area contributed by atoms with Crippen molar-refractivity contribution in [2.75, 3.05) is 10.6 Å². The van der Waals surface area contributed by atoms with Crippen LogP contribution in [0.4, 0.5) is 17.3 Å². The van der Waals surface area contributed by atoms with Crippen LogP contribution in [0.5, 0.6) is 0 Å². The highest BCUT2D eigenvalue weighted by molar-refractivity contribution is 5.59. The Morgan fingerprint density at radius 3 is 2.41 bits per heavy atom. The predicted molar refractivity (Wildman–Crippen MR) is 91.8 cm³/mol. The summed E-state index contributed by atoms with van der Waals surface area (Å²) in [5.74, 6) is 2.56. The maximum Gasteiger partial charge on any atom is 0.136 e. The average Bonchev–Trinajstić information content (AvgIpc) is 3.00. The van der Waals surface area contributed by atoms with Gasteiger partial charge in [0.1, 0.15) is 17.5 Å². The highest BCUT2D eigenvalue weighted by Gasteiger charge is 2.15. The van der Waals surface area contributed by atoms with E-state index in [2.05, 4.69) is 51.8 Å². The topological polar surface area (TPSA) is 49.8 Å². The van der Waals surface area contributed by atoms with Crippen molar-refractivity contribution in [3.05, 3.63) is 41.7 Å². The van der Waals surface area contributed by atoms with Gasteiger partial charge < -0.3 is 10.6 Å². The summed E-state index contributed by atoms with van der Waals surface area (Å²) >= 11 is 0. The van der Waals surface area contributed by atoms with Gasteiger partial charge in [0.15, 0.2) is 0 Å². The molecule has 4 nitrogen and oxygen atoms in total. The maximum absolute atomic E-state index is 4.50. The number of nitrogens with zero attached hydrogens (tertiary/aromatic N) is 2. The zero-order chi connectivity index (χ0) is 15.4. The lowest BCUT2D eigenvalue weighted by Crippen LogP contribution is -2.16. The Labute approximate surface area is 132 Å². The molecule has 0 unspecified atom stereocenters. The van der Waals surface area contributed by atoms with E-state index in [0.29, 0.717) is 6.04 Å². The monoisotopic (exact) mass is 296 g/mol. The van der Waals surface area contributed by atoms with Crippen molar-refractivity contribution in [3.63, 3.8) is 0 Å². The number of aryl methyl sites for hydroxylation is 2. The summed E-state index contributed by atoms with van der Waals surface area (Å²) in [4.78, 5) is 8.99. The van der Waals surface area contributed by atoms with Crippen molar-refractivity contribution in [2.24, 2.45) is 0 Å². The summed E-state index contributed by atoms with van der Waals surface area (Å²) in [5, 5.41) is 6.91. The number of aromatic nitrogens is 2. The lowest BCUT2D eigenvalue weighted by molar-refractivity contribution is 0.748. The number of hydrogen-bond acceptors (Lipinski definition) is 4. The van der Waals surface area contributed by atoms with Gasteiger partial charge in [-0.2, -0.15) is 0 Å². The van der Waals surface area contributed by atoms with Crippen molar-refractivity contribution >= 4 is 17.3 Å². The van der Waals surface area contributed by atoms with E-state index in [1.807, 2.05) is 13.0 Å². The standard InChI is InChI=1S/C18H24N4/c1-3-14-8-10-16(11-9-14)22-18-12-17(19-13(2)20-18)21-15-6-4-5-7-15/h8-12,15H,3-7H2,1-2H3,(H2,19,20,21,22). The second kappa shape index (κ2) is 6.77. The summed E-state index contributed by atoms with van der Waals surface area (Å²) in [5.41, 5.74) is 2.40. The van der Waals surface area contributed by atoms with Crippen LogP contribution in [0.1, 0.15) is 44.0 Å². The molecule has 0 bridgehead atoms. The van der Waals surface area contributed by atoms with Crippen molar-refractivity contribution in [2.45, 2.75) is 52.0 Å². The number of rotatable bonds is 5. The van der Waals surface area contributed by atoms with Gasteiger partial charge in [0.05, 0.1) is 0 Å². The van der Waals surface area contributed by atoms with Crippen LogP contribution in [0.2, 0.25) is 0 Å². The molecule has 0 radical (unpaired) electrons. The minimum Gasteiger partial charge on any atom is -0.367 e. The third kappa shape index (κ3) is 3.75. The first-order valence-electron chi connectivity index (χ1n) is 8.21. The van der Waals surface area contributed by atoms with E-state index in [4.69, 9.17) is 0 Å². The normalized spacial score (nSPS) is 15.0. The molecular formula is C18H24N4. The summed E-state index contributed by atoms with van der Waals surface area (Å²) < 4.78 is 0. The summed E-state index contributed by atoms with van der Waals surface area (Å²) in [6.07, 6.45) is 6.17. The lowest BCUT2D eigenvalue weighted by Gasteiger charge is -2.14. The molecule has 2 N–H and O–H groups in total. The fourth-order valence-corrected chi connectivity index (χ4v) is 2.96. The van der Waals surface area contributed by atoms with E-state index < -0.39 is 0 Å². The van der Waals surface area contributed by atoms with Crippen LogP contribution in [-0.2, 0) is 6.42 Å². The molecule has 3 rings (SSSR count). The number of anilines is 3. The summed E-state index contributed by atoms with van der Waals surface area (Å²) in [6.45, 7) is 4.10. The Balaban J connectivity index is 1.73. The van der Waals surface area contributed by atoms with E-state index in [1.165, 1.54) is 31.2 Å². The molecule has 22 heavy (non-hydrogen) atoms. The van der Waals surface area contributed by atoms with E-state index in [0.717, 1.165) is 29.6 Å². The van der Waals surface area contributed by atoms with Gasteiger partial charge in [-0.15, -0.1) is 0 Å². The molecule has 1 aliphatic carbocycles. The molecule has 0 spiro atoms. The second-order valence-electron chi connectivity index (χ2n) is 5.99. The van der Waals surface area contributed by atoms with Gasteiger partial charge in [-0.3, -0.25) is 0 Å². The first-order chi connectivity index (χ1) is 10.7. The Bertz CT molecular complexity index is 615. The van der Waals surface area contributed by atoms with Crippen LogP contribution >= 0.6 is 0 Å². The van der Waals surface area contributed by atoms with Gasteiger partial charge in [-0.25, -0.2) is 9.97 Å². The van der Waals surface area contributed by atoms with Crippen LogP contribution in [0.25, 0.3) is 0 Å². The van der Waals surface area contributed by atoms with Crippen molar-refractivity contribution in [1.82, 2.24) is 9.97 Å². The van der Waals surface area contributed by atoms with Gasteiger partial charge in [-0.05, 0) is 43.9 Å². The fourth-order valence-electron chi connectivity index (χ4n) is 2.96. The SMILES string of the molecule is CCc1ccc(Nc2cc(NC3CCCC3)nc(C)n2)cc1. The van der Waals surface area contributed by atoms with Gasteiger partial charge in [0.25, 0.3) is 0 Å².